The fraction of sp³-hybridized carbons (Fsp3) is 0.273. The molecule has 1 aromatic heterocycles. The van der Waals surface area contributed by atoms with Crippen LogP contribution < -0.4 is 20.1 Å². The number of methoxy groups -OCH3 is 2. The number of benzene rings is 2. The first-order valence-electron chi connectivity index (χ1n) is 9.56. The monoisotopic (exact) mass is 393 g/mol. The standard InChI is InChI=1S/C22H27N5O2/c1-4-23-22(25-13-17-10-11-18(28-2)12-20(17)29-3)26-15-21-24-14-19(27-21)16-8-6-5-7-9-16/h5-12,14H,4,13,15H2,1-3H3,(H,24,27)(H2,23,25,26). The average molecular weight is 393 g/mol. The van der Waals surface area contributed by atoms with Crippen LogP contribution in [0.1, 0.15) is 18.3 Å². The van der Waals surface area contributed by atoms with Gasteiger partial charge in [-0.2, -0.15) is 0 Å². The van der Waals surface area contributed by atoms with Gasteiger partial charge in [0.2, 0.25) is 0 Å². The summed E-state index contributed by atoms with van der Waals surface area (Å²) in [5.74, 6) is 3.06. The summed E-state index contributed by atoms with van der Waals surface area (Å²) in [6, 6.07) is 15.9. The molecule has 2 aromatic carbocycles. The second kappa shape index (κ2) is 10.2. The van der Waals surface area contributed by atoms with Crippen LogP contribution in [0.5, 0.6) is 11.5 Å². The zero-order valence-electron chi connectivity index (χ0n) is 17.0. The molecule has 0 unspecified atom stereocenters. The second-order valence-corrected chi connectivity index (χ2v) is 6.34. The number of guanidine groups is 1. The number of H-pyrrole nitrogens is 1. The van der Waals surface area contributed by atoms with Crippen LogP contribution in [-0.4, -0.2) is 36.7 Å². The molecule has 0 aliphatic carbocycles. The highest BCUT2D eigenvalue weighted by molar-refractivity contribution is 5.79. The normalized spacial score (nSPS) is 11.2. The number of rotatable bonds is 8. The molecule has 0 saturated carbocycles. The van der Waals surface area contributed by atoms with E-state index in [2.05, 4.69) is 37.7 Å². The first-order valence-corrected chi connectivity index (χ1v) is 9.56. The first kappa shape index (κ1) is 20.3. The van der Waals surface area contributed by atoms with E-state index in [-0.39, 0.29) is 0 Å². The van der Waals surface area contributed by atoms with Crippen molar-refractivity contribution in [2.75, 3.05) is 20.8 Å². The lowest BCUT2D eigenvalue weighted by Crippen LogP contribution is -2.37. The van der Waals surface area contributed by atoms with E-state index in [9.17, 15) is 0 Å². The first-order chi connectivity index (χ1) is 14.2. The summed E-state index contributed by atoms with van der Waals surface area (Å²) in [6.07, 6.45) is 1.85. The summed E-state index contributed by atoms with van der Waals surface area (Å²) in [7, 11) is 3.28. The van der Waals surface area contributed by atoms with Crippen LogP contribution in [0.2, 0.25) is 0 Å². The molecule has 152 valence electrons. The van der Waals surface area contributed by atoms with E-state index in [0.717, 1.165) is 40.7 Å². The van der Waals surface area contributed by atoms with Crippen molar-refractivity contribution in [1.82, 2.24) is 20.6 Å². The second-order valence-electron chi connectivity index (χ2n) is 6.34. The van der Waals surface area contributed by atoms with Crippen LogP contribution in [0.4, 0.5) is 0 Å². The maximum absolute atomic E-state index is 5.45. The van der Waals surface area contributed by atoms with Gasteiger partial charge in [0, 0.05) is 18.2 Å². The van der Waals surface area contributed by atoms with Crippen LogP contribution in [0, 0.1) is 0 Å². The number of nitrogens with zero attached hydrogens (tertiary/aromatic N) is 2. The minimum absolute atomic E-state index is 0.482. The summed E-state index contributed by atoms with van der Waals surface area (Å²) < 4.78 is 10.7. The molecule has 0 aliphatic rings. The van der Waals surface area contributed by atoms with Crippen molar-refractivity contribution in [3.63, 3.8) is 0 Å². The quantitative estimate of drug-likeness (QED) is 0.404. The number of hydrogen-bond acceptors (Lipinski definition) is 4. The minimum Gasteiger partial charge on any atom is -0.497 e. The largest absolute Gasteiger partial charge is 0.497 e. The SMILES string of the molecule is CCNC(=NCc1ccc(OC)cc1OC)NCc1ncc(-c2ccccc2)[nH]1. The van der Waals surface area contributed by atoms with Gasteiger partial charge in [-0.3, -0.25) is 0 Å². The topological polar surface area (TPSA) is 83.6 Å². The molecule has 1 heterocycles. The summed E-state index contributed by atoms with van der Waals surface area (Å²) in [5, 5.41) is 6.57. The van der Waals surface area contributed by atoms with Gasteiger partial charge >= 0.3 is 0 Å². The third-order valence-corrected chi connectivity index (χ3v) is 4.38. The molecule has 0 aliphatic heterocycles. The Labute approximate surface area is 171 Å². The van der Waals surface area contributed by atoms with Crippen molar-refractivity contribution in [2.45, 2.75) is 20.0 Å². The van der Waals surface area contributed by atoms with E-state index in [0.29, 0.717) is 19.0 Å². The fourth-order valence-electron chi connectivity index (χ4n) is 2.87. The van der Waals surface area contributed by atoms with Crippen molar-refractivity contribution >= 4 is 5.96 Å². The third-order valence-electron chi connectivity index (χ3n) is 4.38. The number of imidazole rings is 1. The molecule has 0 fully saturated rings. The van der Waals surface area contributed by atoms with Crippen LogP contribution >= 0.6 is 0 Å². The zero-order valence-corrected chi connectivity index (χ0v) is 17.0. The van der Waals surface area contributed by atoms with Gasteiger partial charge < -0.3 is 25.1 Å². The number of nitrogens with one attached hydrogen (secondary N) is 3. The van der Waals surface area contributed by atoms with Crippen molar-refractivity contribution < 1.29 is 9.47 Å². The number of hydrogen-bond donors (Lipinski definition) is 3. The van der Waals surface area contributed by atoms with Crippen LogP contribution in [-0.2, 0) is 13.1 Å². The minimum atomic E-state index is 0.482. The average Bonchev–Trinajstić information content (AvgIpc) is 3.25. The summed E-state index contributed by atoms with van der Waals surface area (Å²) in [5.41, 5.74) is 3.08. The van der Waals surface area contributed by atoms with E-state index in [1.807, 2.05) is 49.5 Å². The number of aromatic amines is 1. The van der Waals surface area contributed by atoms with Crippen molar-refractivity contribution in [3.05, 3.63) is 66.1 Å². The van der Waals surface area contributed by atoms with Gasteiger partial charge in [0.25, 0.3) is 0 Å². The lowest BCUT2D eigenvalue weighted by Gasteiger charge is -2.12. The molecular formula is C22H27N5O2. The summed E-state index contributed by atoms with van der Waals surface area (Å²) in [4.78, 5) is 12.5. The highest BCUT2D eigenvalue weighted by Gasteiger charge is 2.07. The maximum atomic E-state index is 5.45. The van der Waals surface area contributed by atoms with E-state index in [4.69, 9.17) is 9.47 Å². The molecule has 0 spiro atoms. The molecule has 29 heavy (non-hydrogen) atoms. The van der Waals surface area contributed by atoms with E-state index < -0.39 is 0 Å². The number of aliphatic imine (C=N–C) groups is 1. The Morgan fingerprint density at radius 2 is 1.90 bits per heavy atom. The Bertz CT molecular complexity index is 937. The molecule has 3 N–H and O–H groups in total. The molecule has 7 nitrogen and oxygen atoms in total. The van der Waals surface area contributed by atoms with Crippen LogP contribution in [0.15, 0.2) is 59.7 Å². The Morgan fingerprint density at radius 1 is 1.07 bits per heavy atom. The van der Waals surface area contributed by atoms with Gasteiger partial charge in [-0.15, -0.1) is 0 Å². The molecule has 0 atom stereocenters. The number of ether oxygens (including phenoxy) is 2. The van der Waals surface area contributed by atoms with Gasteiger partial charge in [-0.05, 0) is 24.6 Å². The highest BCUT2D eigenvalue weighted by atomic mass is 16.5. The molecule has 3 aromatic rings. The maximum Gasteiger partial charge on any atom is 0.191 e. The Kier molecular flexibility index (Phi) is 7.10. The summed E-state index contributed by atoms with van der Waals surface area (Å²) in [6.45, 7) is 3.82. The zero-order chi connectivity index (χ0) is 20.5. The predicted molar refractivity (Wildman–Crippen MR) is 115 cm³/mol. The molecular weight excluding hydrogens is 366 g/mol. The predicted octanol–water partition coefficient (Wildman–Crippen LogP) is 3.35. The van der Waals surface area contributed by atoms with Gasteiger partial charge in [0.05, 0.1) is 39.2 Å². The smallest absolute Gasteiger partial charge is 0.191 e. The third kappa shape index (κ3) is 5.51. The molecule has 0 bridgehead atoms. The summed E-state index contributed by atoms with van der Waals surface area (Å²) >= 11 is 0. The van der Waals surface area contributed by atoms with E-state index >= 15 is 0 Å². The molecule has 0 saturated heterocycles. The lowest BCUT2D eigenvalue weighted by molar-refractivity contribution is 0.391. The highest BCUT2D eigenvalue weighted by Crippen LogP contribution is 2.25. The van der Waals surface area contributed by atoms with Crippen LogP contribution in [0.25, 0.3) is 11.3 Å². The van der Waals surface area contributed by atoms with Crippen molar-refractivity contribution in [2.24, 2.45) is 4.99 Å². The van der Waals surface area contributed by atoms with Crippen LogP contribution in [0.3, 0.4) is 0 Å². The van der Waals surface area contributed by atoms with E-state index in [1.54, 1.807) is 14.2 Å². The fourth-order valence-corrected chi connectivity index (χ4v) is 2.87. The van der Waals surface area contributed by atoms with E-state index in [1.165, 1.54) is 0 Å². The van der Waals surface area contributed by atoms with Crippen molar-refractivity contribution in [3.8, 4) is 22.8 Å². The van der Waals surface area contributed by atoms with Gasteiger partial charge in [0.1, 0.15) is 17.3 Å². The van der Waals surface area contributed by atoms with Crippen molar-refractivity contribution in [1.29, 1.82) is 0 Å². The Balaban J connectivity index is 1.65. The molecule has 0 radical (unpaired) electrons. The Morgan fingerprint density at radius 3 is 2.62 bits per heavy atom. The molecule has 3 rings (SSSR count). The lowest BCUT2D eigenvalue weighted by atomic mass is 10.2. The molecule has 7 heteroatoms. The molecule has 0 amide bonds. The number of aromatic nitrogens is 2. The van der Waals surface area contributed by atoms with Gasteiger partial charge in [-0.25, -0.2) is 9.98 Å². The Hall–Kier alpha value is -3.48. The van der Waals surface area contributed by atoms with Gasteiger partial charge in [0.15, 0.2) is 5.96 Å². The van der Waals surface area contributed by atoms with Gasteiger partial charge in [-0.1, -0.05) is 30.3 Å².